The molecule has 148 valence electrons. The van der Waals surface area contributed by atoms with Crippen LogP contribution in [0.15, 0.2) is 42.5 Å². The lowest BCUT2D eigenvalue weighted by Crippen LogP contribution is -2.32. The first kappa shape index (κ1) is 21.2. The largest absolute Gasteiger partial charge is 0.416 e. The quantitative estimate of drug-likeness (QED) is 0.698. The third kappa shape index (κ3) is 5.98. The molecule has 2 aromatic rings. The monoisotopic (exact) mass is 413 g/mol. The highest BCUT2D eigenvalue weighted by atomic mass is 35.5. The van der Waals surface area contributed by atoms with Gasteiger partial charge in [-0.05, 0) is 42.5 Å². The molecular formula is C18H15ClF3N3O3. The fourth-order valence-corrected chi connectivity index (χ4v) is 2.39. The first-order chi connectivity index (χ1) is 13.1. The van der Waals surface area contributed by atoms with Crippen molar-refractivity contribution in [1.82, 2.24) is 5.32 Å². The maximum atomic E-state index is 12.5. The van der Waals surface area contributed by atoms with Crippen molar-refractivity contribution in [1.29, 1.82) is 0 Å². The second-order valence-electron chi connectivity index (χ2n) is 5.68. The molecule has 3 amide bonds. The third-order valence-corrected chi connectivity index (χ3v) is 3.76. The van der Waals surface area contributed by atoms with Crippen LogP contribution in [-0.4, -0.2) is 24.3 Å². The van der Waals surface area contributed by atoms with Crippen molar-refractivity contribution in [3.8, 4) is 0 Å². The molecule has 0 radical (unpaired) electrons. The summed E-state index contributed by atoms with van der Waals surface area (Å²) in [6.45, 7) is 0.923. The number of hydrogen-bond donors (Lipinski definition) is 3. The molecule has 2 rings (SSSR count). The van der Waals surface area contributed by atoms with E-state index in [1.54, 1.807) is 0 Å². The van der Waals surface area contributed by atoms with E-state index in [4.69, 9.17) is 11.6 Å². The van der Waals surface area contributed by atoms with Crippen molar-refractivity contribution in [2.75, 3.05) is 17.2 Å². The highest BCUT2D eigenvalue weighted by molar-refractivity contribution is 6.34. The summed E-state index contributed by atoms with van der Waals surface area (Å²) in [5.74, 6) is -1.57. The number of hydrogen-bond acceptors (Lipinski definition) is 3. The van der Waals surface area contributed by atoms with Crippen molar-refractivity contribution < 1.29 is 27.6 Å². The van der Waals surface area contributed by atoms with Gasteiger partial charge in [-0.25, -0.2) is 0 Å². The van der Waals surface area contributed by atoms with Crippen molar-refractivity contribution in [2.24, 2.45) is 0 Å². The second kappa shape index (κ2) is 8.75. The molecule has 6 nitrogen and oxygen atoms in total. The Hall–Kier alpha value is -3.07. The van der Waals surface area contributed by atoms with Gasteiger partial charge in [0.15, 0.2) is 0 Å². The van der Waals surface area contributed by atoms with E-state index in [1.807, 2.05) is 0 Å². The maximum Gasteiger partial charge on any atom is 0.416 e. The Morgan fingerprint density at radius 1 is 1.00 bits per heavy atom. The van der Waals surface area contributed by atoms with E-state index in [-0.39, 0.29) is 22.2 Å². The maximum absolute atomic E-state index is 12.5. The van der Waals surface area contributed by atoms with Gasteiger partial charge in [-0.3, -0.25) is 14.4 Å². The third-order valence-electron chi connectivity index (χ3n) is 3.45. The van der Waals surface area contributed by atoms with Gasteiger partial charge in [-0.1, -0.05) is 11.6 Å². The Bertz CT molecular complexity index is 899. The predicted molar refractivity (Wildman–Crippen MR) is 98.2 cm³/mol. The molecule has 0 aliphatic rings. The average molecular weight is 414 g/mol. The molecule has 0 spiro atoms. The van der Waals surface area contributed by atoms with Gasteiger partial charge in [0.05, 0.1) is 22.8 Å². The average Bonchev–Trinajstić information content (AvgIpc) is 2.61. The Balaban J connectivity index is 1.91. The Morgan fingerprint density at radius 2 is 1.64 bits per heavy atom. The molecule has 0 unspecified atom stereocenters. The van der Waals surface area contributed by atoms with E-state index in [0.717, 1.165) is 24.3 Å². The van der Waals surface area contributed by atoms with Crippen LogP contribution in [0, 0.1) is 0 Å². The fraction of sp³-hybridized carbons (Fsp3) is 0.167. The lowest BCUT2D eigenvalue weighted by atomic mass is 10.1. The minimum absolute atomic E-state index is 0.0153. The number of rotatable bonds is 5. The standard InChI is InChI=1S/C18H15ClF3N3O3/c1-10(26)24-13-6-7-15(14(19)8-13)25-16(27)9-23-17(28)11-2-4-12(5-3-11)18(20,21)22/h2-8H,9H2,1H3,(H,23,28)(H,24,26)(H,25,27). The lowest BCUT2D eigenvalue weighted by molar-refractivity contribution is -0.137. The number of carbonyl (C=O) groups is 3. The zero-order valence-corrected chi connectivity index (χ0v) is 15.2. The molecule has 3 N–H and O–H groups in total. The van der Waals surface area contributed by atoms with Crippen LogP contribution in [0.2, 0.25) is 5.02 Å². The molecule has 0 heterocycles. The van der Waals surface area contributed by atoms with E-state index < -0.39 is 30.1 Å². The summed E-state index contributed by atoms with van der Waals surface area (Å²) in [6.07, 6.45) is -4.50. The Labute approximate surface area is 163 Å². The van der Waals surface area contributed by atoms with Gasteiger partial charge in [-0.2, -0.15) is 13.2 Å². The summed E-state index contributed by atoms with van der Waals surface area (Å²) in [4.78, 5) is 34.9. The first-order valence-corrected chi connectivity index (χ1v) is 8.26. The number of amides is 3. The number of anilines is 2. The topological polar surface area (TPSA) is 87.3 Å². The van der Waals surface area contributed by atoms with Gasteiger partial charge >= 0.3 is 6.18 Å². The normalized spacial score (nSPS) is 10.9. The van der Waals surface area contributed by atoms with E-state index in [1.165, 1.54) is 25.1 Å². The smallest absolute Gasteiger partial charge is 0.343 e. The zero-order valence-electron chi connectivity index (χ0n) is 14.5. The van der Waals surface area contributed by atoms with Crippen molar-refractivity contribution in [3.05, 3.63) is 58.6 Å². The predicted octanol–water partition coefficient (Wildman–Crippen LogP) is 3.69. The van der Waals surface area contributed by atoms with Crippen LogP contribution >= 0.6 is 11.6 Å². The van der Waals surface area contributed by atoms with Crippen molar-refractivity contribution in [3.63, 3.8) is 0 Å². The zero-order chi connectivity index (χ0) is 20.9. The number of alkyl halides is 3. The molecule has 0 atom stereocenters. The Kier molecular flexibility index (Phi) is 6.63. The van der Waals surface area contributed by atoms with E-state index in [0.29, 0.717) is 5.69 Å². The summed E-state index contributed by atoms with van der Waals surface area (Å²) >= 11 is 6.02. The number of halogens is 4. The first-order valence-electron chi connectivity index (χ1n) is 7.88. The van der Waals surface area contributed by atoms with Crippen LogP contribution in [0.1, 0.15) is 22.8 Å². The SMILES string of the molecule is CC(=O)Nc1ccc(NC(=O)CNC(=O)c2ccc(C(F)(F)F)cc2)c(Cl)c1. The van der Waals surface area contributed by atoms with Crippen LogP contribution in [0.25, 0.3) is 0 Å². The summed E-state index contributed by atoms with van der Waals surface area (Å²) in [6, 6.07) is 8.06. The van der Waals surface area contributed by atoms with Crippen LogP contribution in [-0.2, 0) is 15.8 Å². The Morgan fingerprint density at radius 3 is 2.18 bits per heavy atom. The molecular weight excluding hydrogens is 399 g/mol. The number of nitrogens with one attached hydrogen (secondary N) is 3. The fourth-order valence-electron chi connectivity index (χ4n) is 2.17. The molecule has 2 aromatic carbocycles. The summed E-state index contributed by atoms with van der Waals surface area (Å²) in [5, 5.41) is 7.49. The van der Waals surface area contributed by atoms with Crippen LogP contribution in [0.5, 0.6) is 0 Å². The summed E-state index contributed by atoms with van der Waals surface area (Å²) in [5.41, 5.74) is -0.173. The molecule has 0 bridgehead atoms. The molecule has 0 saturated heterocycles. The van der Waals surface area contributed by atoms with Gasteiger partial charge in [0.25, 0.3) is 5.91 Å². The molecule has 0 fully saturated rings. The second-order valence-corrected chi connectivity index (χ2v) is 6.09. The van der Waals surface area contributed by atoms with Gasteiger partial charge in [0.2, 0.25) is 11.8 Å². The molecule has 0 aromatic heterocycles. The van der Waals surface area contributed by atoms with Crippen molar-refractivity contribution >= 4 is 40.7 Å². The van der Waals surface area contributed by atoms with Gasteiger partial charge in [0.1, 0.15) is 0 Å². The number of benzene rings is 2. The molecule has 0 aliphatic carbocycles. The van der Waals surface area contributed by atoms with E-state index >= 15 is 0 Å². The minimum atomic E-state index is -4.50. The lowest BCUT2D eigenvalue weighted by Gasteiger charge is -2.11. The molecule has 0 aliphatic heterocycles. The van der Waals surface area contributed by atoms with Gasteiger partial charge in [-0.15, -0.1) is 0 Å². The van der Waals surface area contributed by atoms with E-state index in [9.17, 15) is 27.6 Å². The highest BCUT2D eigenvalue weighted by Crippen LogP contribution is 2.29. The van der Waals surface area contributed by atoms with Crippen LogP contribution < -0.4 is 16.0 Å². The number of carbonyl (C=O) groups excluding carboxylic acids is 3. The highest BCUT2D eigenvalue weighted by Gasteiger charge is 2.30. The van der Waals surface area contributed by atoms with Crippen LogP contribution in [0.4, 0.5) is 24.5 Å². The van der Waals surface area contributed by atoms with Gasteiger partial charge in [0, 0.05) is 18.2 Å². The van der Waals surface area contributed by atoms with Crippen molar-refractivity contribution in [2.45, 2.75) is 13.1 Å². The minimum Gasteiger partial charge on any atom is -0.343 e. The summed E-state index contributed by atoms with van der Waals surface area (Å²) < 4.78 is 37.5. The van der Waals surface area contributed by atoms with Crippen LogP contribution in [0.3, 0.4) is 0 Å². The molecule has 10 heteroatoms. The van der Waals surface area contributed by atoms with Gasteiger partial charge < -0.3 is 16.0 Å². The van der Waals surface area contributed by atoms with E-state index in [2.05, 4.69) is 16.0 Å². The molecule has 28 heavy (non-hydrogen) atoms. The summed E-state index contributed by atoms with van der Waals surface area (Å²) in [7, 11) is 0. The molecule has 0 saturated carbocycles.